The molecule has 2 fully saturated rings. The number of aromatic nitrogens is 5. The summed E-state index contributed by atoms with van der Waals surface area (Å²) < 4.78 is 7.54. The molecule has 1 N–H and O–H groups in total. The van der Waals surface area contributed by atoms with Gasteiger partial charge in [-0.3, -0.25) is 0 Å². The summed E-state index contributed by atoms with van der Waals surface area (Å²) in [6.45, 7) is 11.0. The first kappa shape index (κ1) is 21.9. The molecular weight excluding hydrogens is 414 g/mol. The third-order valence-corrected chi connectivity index (χ3v) is 7.25. The fraction of sp³-hybridized carbons (Fsp3) is 0.600. The minimum absolute atomic E-state index is 0.299. The average Bonchev–Trinajstić information content (AvgIpc) is 3.46. The number of rotatable bonds is 6. The molecule has 2 aromatic heterocycles. The van der Waals surface area contributed by atoms with Gasteiger partial charge in [-0.2, -0.15) is 9.97 Å². The molecule has 3 aliphatic rings. The zero-order chi connectivity index (χ0) is 22.9. The summed E-state index contributed by atoms with van der Waals surface area (Å²) in [5.41, 5.74) is 2.62. The van der Waals surface area contributed by atoms with E-state index in [0.717, 1.165) is 44.2 Å². The number of piperidine rings is 1. The maximum absolute atomic E-state index is 5.42. The summed E-state index contributed by atoms with van der Waals surface area (Å²) in [6, 6.07) is 1.05. The van der Waals surface area contributed by atoms with Crippen LogP contribution in [0.5, 0.6) is 0 Å². The second-order valence-corrected chi connectivity index (χ2v) is 9.90. The van der Waals surface area contributed by atoms with Crippen LogP contribution in [0.25, 0.3) is 0 Å². The fourth-order valence-electron chi connectivity index (χ4n) is 5.67. The SMILES string of the molecule is C/C=C(\C=C/C=C(C)C)C1CCCn2nc(N[C@@H]3C4CC[C@H]3CN(c3nc(C)no3)C4)nc21. The molecule has 5 rings (SSSR count). The van der Waals surface area contributed by atoms with Crippen molar-refractivity contribution >= 4 is 12.0 Å². The van der Waals surface area contributed by atoms with E-state index in [4.69, 9.17) is 14.6 Å². The van der Waals surface area contributed by atoms with Crippen molar-refractivity contribution in [2.24, 2.45) is 11.8 Å². The highest BCUT2D eigenvalue weighted by molar-refractivity contribution is 5.37. The van der Waals surface area contributed by atoms with Crippen LogP contribution in [0, 0.1) is 18.8 Å². The van der Waals surface area contributed by atoms with Crippen molar-refractivity contribution in [1.82, 2.24) is 24.9 Å². The molecule has 0 aromatic carbocycles. The van der Waals surface area contributed by atoms with Gasteiger partial charge in [-0.05, 0) is 70.8 Å². The maximum atomic E-state index is 5.42. The molecule has 2 aromatic rings. The van der Waals surface area contributed by atoms with Crippen LogP contribution in [0.1, 0.15) is 64.0 Å². The van der Waals surface area contributed by atoms with Gasteiger partial charge in [0.2, 0.25) is 5.95 Å². The van der Waals surface area contributed by atoms with Crippen LogP contribution in [0.4, 0.5) is 12.0 Å². The van der Waals surface area contributed by atoms with Crippen molar-refractivity contribution in [2.45, 2.75) is 71.9 Å². The number of nitrogens with one attached hydrogen (secondary N) is 1. The van der Waals surface area contributed by atoms with E-state index in [1.807, 2.05) is 6.92 Å². The first-order valence-corrected chi connectivity index (χ1v) is 12.3. The zero-order valence-electron chi connectivity index (χ0n) is 20.2. The topological polar surface area (TPSA) is 84.9 Å². The highest BCUT2D eigenvalue weighted by atomic mass is 16.5. The first-order chi connectivity index (χ1) is 16.0. The molecule has 1 saturated carbocycles. The van der Waals surface area contributed by atoms with Crippen LogP contribution in [-0.2, 0) is 6.54 Å². The summed E-state index contributed by atoms with van der Waals surface area (Å²) >= 11 is 0. The zero-order valence-corrected chi connectivity index (χ0v) is 20.2. The van der Waals surface area contributed by atoms with Gasteiger partial charge in [0.1, 0.15) is 5.82 Å². The standard InChI is InChI=1S/C25H35N7O/c1-5-18(9-6-8-16(2)3)21-10-7-13-32-23(21)28-24(29-32)27-22-19-11-12-20(22)15-31(14-19)25-26-17(4)30-33-25/h5-6,8-9,19-22H,7,10-15H2,1-4H3,(H,27,29)/b9-6-,18-5+/t19-,20?,21?,22-/m0/s1. The van der Waals surface area contributed by atoms with Gasteiger partial charge in [0.25, 0.3) is 0 Å². The Balaban J connectivity index is 1.30. The predicted molar refractivity (Wildman–Crippen MR) is 129 cm³/mol. The average molecular weight is 450 g/mol. The Bertz CT molecular complexity index is 1060. The van der Waals surface area contributed by atoms with E-state index in [1.54, 1.807) is 0 Å². The maximum Gasteiger partial charge on any atom is 0.324 e. The molecule has 0 radical (unpaired) electrons. The number of anilines is 2. The van der Waals surface area contributed by atoms with E-state index < -0.39 is 0 Å². The molecule has 8 heteroatoms. The number of allylic oxidation sites excluding steroid dienone is 6. The van der Waals surface area contributed by atoms with Crippen LogP contribution < -0.4 is 10.2 Å². The summed E-state index contributed by atoms with van der Waals surface area (Å²) in [5, 5.41) is 12.6. The van der Waals surface area contributed by atoms with E-state index in [0.29, 0.717) is 35.6 Å². The molecule has 4 atom stereocenters. The molecule has 0 amide bonds. The van der Waals surface area contributed by atoms with E-state index in [2.05, 4.69) is 70.1 Å². The lowest BCUT2D eigenvalue weighted by Gasteiger charge is -2.37. The highest BCUT2D eigenvalue weighted by Crippen LogP contribution is 2.40. The van der Waals surface area contributed by atoms with Gasteiger partial charge in [0, 0.05) is 31.6 Å². The van der Waals surface area contributed by atoms with Gasteiger partial charge >= 0.3 is 6.01 Å². The van der Waals surface area contributed by atoms with Crippen LogP contribution in [0.2, 0.25) is 0 Å². The number of hydrogen-bond donors (Lipinski definition) is 1. The second-order valence-electron chi connectivity index (χ2n) is 9.90. The first-order valence-electron chi connectivity index (χ1n) is 12.3. The lowest BCUT2D eigenvalue weighted by Crippen LogP contribution is -2.48. The Hall–Kier alpha value is -2.90. The lowest BCUT2D eigenvalue weighted by molar-refractivity contribution is 0.340. The summed E-state index contributed by atoms with van der Waals surface area (Å²) in [4.78, 5) is 11.7. The van der Waals surface area contributed by atoms with Crippen molar-refractivity contribution in [1.29, 1.82) is 0 Å². The monoisotopic (exact) mass is 449 g/mol. The van der Waals surface area contributed by atoms with Gasteiger partial charge < -0.3 is 14.7 Å². The minimum Gasteiger partial charge on any atom is -0.350 e. The lowest BCUT2D eigenvalue weighted by atomic mass is 9.90. The molecule has 4 heterocycles. The predicted octanol–water partition coefficient (Wildman–Crippen LogP) is 4.64. The number of hydrogen-bond acceptors (Lipinski definition) is 7. The molecule has 2 bridgehead atoms. The number of aryl methyl sites for hydroxylation is 2. The molecule has 2 aliphatic heterocycles. The van der Waals surface area contributed by atoms with E-state index in [1.165, 1.54) is 24.0 Å². The van der Waals surface area contributed by atoms with Gasteiger partial charge in [0.15, 0.2) is 5.82 Å². The van der Waals surface area contributed by atoms with Gasteiger partial charge in [-0.1, -0.05) is 35.0 Å². The van der Waals surface area contributed by atoms with Gasteiger partial charge in [-0.15, -0.1) is 5.10 Å². The van der Waals surface area contributed by atoms with E-state index >= 15 is 0 Å². The van der Waals surface area contributed by atoms with Crippen LogP contribution in [0.3, 0.4) is 0 Å². The summed E-state index contributed by atoms with van der Waals surface area (Å²) in [5.74, 6) is 3.93. The van der Waals surface area contributed by atoms with E-state index in [-0.39, 0.29) is 0 Å². The summed E-state index contributed by atoms with van der Waals surface area (Å²) in [6.07, 6.45) is 13.4. The minimum atomic E-state index is 0.299. The van der Waals surface area contributed by atoms with Gasteiger partial charge in [-0.25, -0.2) is 4.68 Å². The van der Waals surface area contributed by atoms with Crippen LogP contribution in [0.15, 0.2) is 40.0 Å². The number of nitrogens with zero attached hydrogens (tertiary/aromatic N) is 6. The Kier molecular flexibility index (Phi) is 6.08. The Morgan fingerprint density at radius 2 is 1.91 bits per heavy atom. The Morgan fingerprint density at radius 1 is 1.12 bits per heavy atom. The highest BCUT2D eigenvalue weighted by Gasteiger charge is 2.44. The molecule has 0 spiro atoms. The Morgan fingerprint density at radius 3 is 2.58 bits per heavy atom. The van der Waals surface area contributed by atoms with Crippen molar-refractivity contribution < 1.29 is 4.52 Å². The van der Waals surface area contributed by atoms with Crippen LogP contribution in [-0.4, -0.2) is 44.0 Å². The van der Waals surface area contributed by atoms with Crippen molar-refractivity contribution in [2.75, 3.05) is 23.3 Å². The molecule has 8 nitrogen and oxygen atoms in total. The quantitative estimate of drug-likeness (QED) is 0.643. The fourth-order valence-corrected chi connectivity index (χ4v) is 5.67. The summed E-state index contributed by atoms with van der Waals surface area (Å²) in [7, 11) is 0. The van der Waals surface area contributed by atoms with Crippen molar-refractivity contribution in [3.8, 4) is 0 Å². The number of fused-ring (bicyclic) bond motifs is 3. The molecule has 176 valence electrons. The Labute approximate surface area is 195 Å². The molecule has 1 saturated heterocycles. The van der Waals surface area contributed by atoms with Crippen molar-refractivity contribution in [3.63, 3.8) is 0 Å². The van der Waals surface area contributed by atoms with Gasteiger partial charge in [0.05, 0.1) is 0 Å². The largest absolute Gasteiger partial charge is 0.350 e. The molecule has 1 aliphatic carbocycles. The molecule has 2 unspecified atom stereocenters. The molecule has 33 heavy (non-hydrogen) atoms. The third kappa shape index (κ3) is 4.48. The molecular formula is C25H35N7O. The smallest absolute Gasteiger partial charge is 0.324 e. The second kappa shape index (κ2) is 9.15. The van der Waals surface area contributed by atoms with Crippen molar-refractivity contribution in [3.05, 3.63) is 47.1 Å². The normalized spacial score (nSPS) is 27.2. The third-order valence-electron chi connectivity index (χ3n) is 7.25. The van der Waals surface area contributed by atoms with Crippen LogP contribution >= 0.6 is 0 Å². The van der Waals surface area contributed by atoms with E-state index in [9.17, 15) is 0 Å².